The number of hydrogen-bond acceptors (Lipinski definition) is 6. The number of nitrogens with zero attached hydrogens (tertiary/aromatic N) is 2. The number of ether oxygens (including phenoxy) is 2. The quantitative estimate of drug-likeness (QED) is 0.394. The largest absolute Gasteiger partial charge is 0.497 e. The topological polar surface area (TPSA) is 81.9 Å². The van der Waals surface area contributed by atoms with Gasteiger partial charge in [0.05, 0.1) is 18.5 Å². The number of aryl methyl sites for hydroxylation is 1. The van der Waals surface area contributed by atoms with Crippen LogP contribution in [-0.2, 0) is 10.5 Å². The van der Waals surface area contributed by atoms with Crippen LogP contribution in [0.5, 0.6) is 11.5 Å². The molecule has 1 amide bonds. The van der Waals surface area contributed by atoms with Gasteiger partial charge in [0.25, 0.3) is 11.5 Å². The minimum atomic E-state index is -0.267. The smallest absolute Gasteiger partial charge is 0.262 e. The van der Waals surface area contributed by atoms with Gasteiger partial charge < -0.3 is 14.8 Å². The van der Waals surface area contributed by atoms with Gasteiger partial charge in [-0.3, -0.25) is 14.0 Å². The molecule has 4 aromatic rings. The molecular weight excluding hydrogens is 438 g/mol. The Morgan fingerprint density at radius 2 is 1.82 bits per heavy atom. The number of carbonyl (C=O) groups is 1. The van der Waals surface area contributed by atoms with E-state index < -0.39 is 0 Å². The van der Waals surface area contributed by atoms with Crippen LogP contribution in [0.3, 0.4) is 0 Å². The van der Waals surface area contributed by atoms with Crippen LogP contribution in [0.25, 0.3) is 5.65 Å². The molecule has 0 aliphatic rings. The van der Waals surface area contributed by atoms with Gasteiger partial charge in [-0.15, -0.1) is 11.8 Å². The number of amides is 1. The lowest BCUT2D eigenvalue weighted by Crippen LogP contribution is -2.20. The molecule has 2 heterocycles. The van der Waals surface area contributed by atoms with E-state index in [9.17, 15) is 9.59 Å². The molecule has 0 fully saturated rings. The molecule has 0 unspecified atom stereocenters. The standard InChI is InChI=1S/C25H23N3O4S/c1-17-11-12-28-23(13-17)26-18(14-25(28)30)16-33-22-6-4-3-5-21(22)27-24(29)15-32-20-9-7-19(31-2)8-10-20/h3-14H,15-16H2,1-2H3,(H,27,29). The average Bonchev–Trinajstić information content (AvgIpc) is 2.82. The lowest BCUT2D eigenvalue weighted by molar-refractivity contribution is -0.118. The summed E-state index contributed by atoms with van der Waals surface area (Å²) in [7, 11) is 1.59. The maximum Gasteiger partial charge on any atom is 0.262 e. The highest BCUT2D eigenvalue weighted by Crippen LogP contribution is 2.29. The van der Waals surface area contributed by atoms with Crippen molar-refractivity contribution in [2.24, 2.45) is 0 Å². The molecule has 0 saturated heterocycles. The number of thioether (sulfide) groups is 1. The summed E-state index contributed by atoms with van der Waals surface area (Å²) in [4.78, 5) is 30.3. The SMILES string of the molecule is COc1ccc(OCC(=O)Nc2ccccc2SCc2cc(=O)n3ccc(C)cc3n2)cc1. The third-order valence-electron chi connectivity index (χ3n) is 4.84. The number of nitrogens with one attached hydrogen (secondary N) is 1. The maximum absolute atomic E-state index is 12.4. The summed E-state index contributed by atoms with van der Waals surface area (Å²) in [6.45, 7) is 1.85. The Bertz CT molecular complexity index is 1340. The highest BCUT2D eigenvalue weighted by molar-refractivity contribution is 7.98. The number of carbonyl (C=O) groups excluding carboxylic acids is 1. The Balaban J connectivity index is 1.40. The van der Waals surface area contributed by atoms with E-state index in [1.165, 1.54) is 16.2 Å². The molecule has 168 valence electrons. The molecule has 8 heteroatoms. The highest BCUT2D eigenvalue weighted by atomic mass is 32.2. The number of pyridine rings is 1. The first-order chi connectivity index (χ1) is 16.0. The predicted octanol–water partition coefficient (Wildman–Crippen LogP) is 4.32. The highest BCUT2D eigenvalue weighted by Gasteiger charge is 2.10. The molecule has 2 aromatic heterocycles. The summed E-state index contributed by atoms with van der Waals surface area (Å²) in [5.41, 5.74) is 2.90. The molecule has 2 aromatic carbocycles. The number of hydrogen-bond donors (Lipinski definition) is 1. The lowest BCUT2D eigenvalue weighted by atomic mass is 10.3. The number of benzene rings is 2. The minimum absolute atomic E-state index is 0.117. The second-order valence-corrected chi connectivity index (χ2v) is 8.33. The average molecular weight is 462 g/mol. The van der Waals surface area contributed by atoms with Gasteiger partial charge in [-0.1, -0.05) is 12.1 Å². The first kappa shape index (κ1) is 22.4. The van der Waals surface area contributed by atoms with E-state index in [2.05, 4.69) is 10.3 Å². The first-order valence-corrected chi connectivity index (χ1v) is 11.3. The van der Waals surface area contributed by atoms with E-state index >= 15 is 0 Å². The van der Waals surface area contributed by atoms with Crippen LogP contribution >= 0.6 is 11.8 Å². The van der Waals surface area contributed by atoms with E-state index in [0.717, 1.165) is 16.2 Å². The molecule has 1 N–H and O–H groups in total. The van der Waals surface area contributed by atoms with Gasteiger partial charge in [0, 0.05) is 22.9 Å². The van der Waals surface area contributed by atoms with Gasteiger partial charge in [-0.25, -0.2) is 4.98 Å². The monoisotopic (exact) mass is 461 g/mol. The van der Waals surface area contributed by atoms with Crippen LogP contribution in [0.1, 0.15) is 11.3 Å². The van der Waals surface area contributed by atoms with Crippen molar-refractivity contribution in [3.8, 4) is 11.5 Å². The summed E-state index contributed by atoms with van der Waals surface area (Å²) in [5.74, 6) is 1.53. The fraction of sp³-hybridized carbons (Fsp3) is 0.160. The molecule has 4 rings (SSSR count). The van der Waals surface area contributed by atoms with E-state index in [1.807, 2.05) is 43.3 Å². The molecule has 7 nitrogen and oxygen atoms in total. The van der Waals surface area contributed by atoms with Crippen molar-refractivity contribution in [1.29, 1.82) is 0 Å². The van der Waals surface area contributed by atoms with Crippen molar-refractivity contribution in [3.05, 3.63) is 94.5 Å². The first-order valence-electron chi connectivity index (χ1n) is 10.3. The molecule has 0 saturated carbocycles. The van der Waals surface area contributed by atoms with Crippen LogP contribution in [0.15, 0.2) is 82.6 Å². The molecule has 0 atom stereocenters. The van der Waals surface area contributed by atoms with E-state index in [1.54, 1.807) is 43.6 Å². The summed E-state index contributed by atoms with van der Waals surface area (Å²) < 4.78 is 12.2. The Morgan fingerprint density at radius 1 is 1.06 bits per heavy atom. The summed E-state index contributed by atoms with van der Waals surface area (Å²) in [6.07, 6.45) is 1.73. The lowest BCUT2D eigenvalue weighted by Gasteiger charge is -2.12. The second-order valence-electron chi connectivity index (χ2n) is 7.32. The zero-order valence-corrected chi connectivity index (χ0v) is 19.1. The van der Waals surface area contributed by atoms with Gasteiger partial charge in [0.1, 0.15) is 17.1 Å². The maximum atomic E-state index is 12.4. The van der Waals surface area contributed by atoms with Crippen molar-refractivity contribution < 1.29 is 14.3 Å². The molecule has 0 bridgehead atoms. The Hall–Kier alpha value is -3.78. The van der Waals surface area contributed by atoms with Crippen molar-refractivity contribution >= 4 is 29.0 Å². The zero-order valence-electron chi connectivity index (χ0n) is 18.3. The van der Waals surface area contributed by atoms with Crippen molar-refractivity contribution in [2.45, 2.75) is 17.6 Å². The predicted molar refractivity (Wildman–Crippen MR) is 129 cm³/mol. The second kappa shape index (κ2) is 10.2. The Morgan fingerprint density at radius 3 is 2.61 bits per heavy atom. The Kier molecular flexibility index (Phi) is 6.95. The summed E-state index contributed by atoms with van der Waals surface area (Å²) in [6, 6.07) is 19.8. The fourth-order valence-corrected chi connectivity index (χ4v) is 4.08. The number of aromatic nitrogens is 2. The molecule has 0 spiro atoms. The van der Waals surface area contributed by atoms with Gasteiger partial charge >= 0.3 is 0 Å². The Labute approximate surface area is 195 Å². The van der Waals surface area contributed by atoms with Crippen molar-refractivity contribution in [3.63, 3.8) is 0 Å². The third-order valence-corrected chi connectivity index (χ3v) is 5.95. The van der Waals surface area contributed by atoms with Gasteiger partial charge in [-0.2, -0.15) is 0 Å². The summed E-state index contributed by atoms with van der Waals surface area (Å²) in [5, 5.41) is 2.89. The van der Waals surface area contributed by atoms with Crippen LogP contribution in [0.4, 0.5) is 5.69 Å². The number of anilines is 1. The van der Waals surface area contributed by atoms with E-state index in [-0.39, 0.29) is 18.1 Å². The van der Waals surface area contributed by atoms with Crippen LogP contribution in [0, 0.1) is 6.92 Å². The number of rotatable bonds is 8. The van der Waals surface area contributed by atoms with Gasteiger partial charge in [0.15, 0.2) is 6.61 Å². The van der Waals surface area contributed by atoms with Crippen molar-refractivity contribution in [2.75, 3.05) is 19.0 Å². The molecule has 0 radical (unpaired) electrons. The van der Waals surface area contributed by atoms with Gasteiger partial charge in [0.2, 0.25) is 0 Å². The molecule has 33 heavy (non-hydrogen) atoms. The third kappa shape index (κ3) is 5.72. The number of para-hydroxylation sites is 1. The summed E-state index contributed by atoms with van der Waals surface area (Å²) >= 11 is 1.50. The number of methoxy groups -OCH3 is 1. The molecule has 0 aliphatic heterocycles. The van der Waals surface area contributed by atoms with Crippen LogP contribution in [0.2, 0.25) is 0 Å². The zero-order chi connectivity index (χ0) is 23.2. The normalized spacial score (nSPS) is 10.7. The van der Waals surface area contributed by atoms with E-state index in [4.69, 9.17) is 9.47 Å². The molecular formula is C25H23N3O4S. The minimum Gasteiger partial charge on any atom is -0.497 e. The van der Waals surface area contributed by atoms with E-state index in [0.29, 0.717) is 28.5 Å². The number of fused-ring (bicyclic) bond motifs is 1. The fourth-order valence-electron chi connectivity index (χ4n) is 3.18. The van der Waals surface area contributed by atoms with Gasteiger partial charge in [-0.05, 0) is 61.0 Å². The van der Waals surface area contributed by atoms with Crippen LogP contribution < -0.4 is 20.3 Å². The molecule has 0 aliphatic carbocycles. The van der Waals surface area contributed by atoms with Crippen molar-refractivity contribution in [1.82, 2.24) is 9.38 Å². The van der Waals surface area contributed by atoms with Crippen LogP contribution in [-0.4, -0.2) is 29.0 Å².